The molecule has 0 N–H and O–H groups in total. The summed E-state index contributed by atoms with van der Waals surface area (Å²) in [7, 11) is 0. The zero-order valence-corrected chi connectivity index (χ0v) is 18.1. The molecule has 0 saturated carbocycles. The number of aryl methyl sites for hydroxylation is 4. The molecule has 3 aromatic rings. The highest BCUT2D eigenvalue weighted by atomic mass is 14.5. The van der Waals surface area contributed by atoms with E-state index in [1.54, 1.807) is 11.1 Å². The molecule has 0 nitrogen and oxygen atoms in total. The maximum atomic E-state index is 2.54. The zero-order chi connectivity index (χ0) is 20.0. The third kappa shape index (κ3) is 2.88. The quantitative estimate of drug-likeness (QED) is 0.385. The largest absolute Gasteiger partial charge is 0.0654 e. The summed E-state index contributed by atoms with van der Waals surface area (Å²) in [5, 5.41) is 0. The second-order valence-electron chi connectivity index (χ2n) is 9.30. The number of hydrogen-bond acceptors (Lipinski definition) is 0. The summed E-state index contributed by atoms with van der Waals surface area (Å²) in [6, 6.07) is 21.7. The first-order valence-corrected chi connectivity index (χ1v) is 11.5. The molecule has 0 fully saturated rings. The summed E-state index contributed by atoms with van der Waals surface area (Å²) in [5.41, 5.74) is 13.4. The van der Waals surface area contributed by atoms with Gasteiger partial charge < -0.3 is 0 Å². The van der Waals surface area contributed by atoms with Gasteiger partial charge in [0.15, 0.2) is 0 Å². The summed E-state index contributed by atoms with van der Waals surface area (Å²) in [5.74, 6) is 0. The fourth-order valence-electron chi connectivity index (χ4n) is 5.64. The lowest BCUT2D eigenvalue weighted by Crippen LogP contribution is -2.28. The summed E-state index contributed by atoms with van der Waals surface area (Å²) in [6.07, 6.45) is 8.94. The molecule has 0 aromatic heterocycles. The molecule has 2 aliphatic carbocycles. The smallest absolute Gasteiger partial charge is 0.0463 e. The normalized spacial score (nSPS) is 15.4. The van der Waals surface area contributed by atoms with Crippen molar-refractivity contribution in [2.75, 3.05) is 0 Å². The van der Waals surface area contributed by atoms with Crippen LogP contribution in [-0.4, -0.2) is 0 Å². The first kappa shape index (κ1) is 18.7. The Morgan fingerprint density at radius 2 is 1.34 bits per heavy atom. The molecule has 0 unspecified atom stereocenters. The minimum absolute atomic E-state index is 0.00106. The van der Waals surface area contributed by atoms with Crippen LogP contribution in [0.2, 0.25) is 0 Å². The molecule has 3 aromatic carbocycles. The van der Waals surface area contributed by atoms with E-state index in [4.69, 9.17) is 0 Å². The molecule has 0 spiro atoms. The number of unbranched alkanes of at least 4 members (excludes halogenated alkanes) is 3. The number of rotatable bonds is 6. The van der Waals surface area contributed by atoms with Crippen molar-refractivity contribution < 1.29 is 0 Å². The molecule has 0 saturated heterocycles. The third-order valence-electron chi connectivity index (χ3n) is 7.33. The minimum Gasteiger partial charge on any atom is -0.0654 e. The van der Waals surface area contributed by atoms with Gasteiger partial charge in [-0.25, -0.2) is 0 Å². The zero-order valence-electron chi connectivity index (χ0n) is 18.1. The van der Waals surface area contributed by atoms with E-state index >= 15 is 0 Å². The van der Waals surface area contributed by atoms with Gasteiger partial charge in [-0.15, -0.1) is 0 Å². The Morgan fingerprint density at radius 3 is 1.90 bits per heavy atom. The van der Waals surface area contributed by atoms with Gasteiger partial charge in [0.2, 0.25) is 0 Å². The van der Waals surface area contributed by atoms with Crippen molar-refractivity contribution in [3.63, 3.8) is 0 Å². The molecule has 0 bridgehead atoms. The molecular weight excluding hydrogens is 348 g/mol. The first-order chi connectivity index (χ1) is 14.1. The Morgan fingerprint density at radius 1 is 0.690 bits per heavy atom. The number of benzene rings is 3. The fraction of sp³-hybridized carbons (Fsp3) is 0.379. The van der Waals surface area contributed by atoms with Crippen LogP contribution in [0, 0.1) is 13.8 Å². The molecule has 148 valence electrons. The summed E-state index contributed by atoms with van der Waals surface area (Å²) in [4.78, 5) is 0. The molecule has 0 heterocycles. The SMILES string of the molecule is CCCCCCC1(c2ccc3c(c2)CC3)c2cc(C)ccc2-c2ccc(C)cc21. The highest BCUT2D eigenvalue weighted by molar-refractivity contribution is 5.84. The predicted molar refractivity (Wildman–Crippen MR) is 124 cm³/mol. The molecular formula is C29H32. The van der Waals surface area contributed by atoms with Gasteiger partial charge in [-0.05, 0) is 72.1 Å². The van der Waals surface area contributed by atoms with E-state index in [1.165, 1.54) is 83.9 Å². The van der Waals surface area contributed by atoms with Crippen molar-refractivity contribution in [2.45, 2.75) is 71.1 Å². The van der Waals surface area contributed by atoms with Crippen LogP contribution in [0.1, 0.15) is 78.0 Å². The van der Waals surface area contributed by atoms with Crippen molar-refractivity contribution >= 4 is 0 Å². The fourth-order valence-corrected chi connectivity index (χ4v) is 5.64. The van der Waals surface area contributed by atoms with Crippen LogP contribution < -0.4 is 0 Å². The average molecular weight is 381 g/mol. The Bertz CT molecular complexity index is 1020. The summed E-state index contributed by atoms with van der Waals surface area (Å²) < 4.78 is 0. The van der Waals surface area contributed by atoms with Crippen LogP contribution in [-0.2, 0) is 18.3 Å². The molecule has 0 amide bonds. The van der Waals surface area contributed by atoms with E-state index in [0.29, 0.717) is 0 Å². The Hall–Kier alpha value is -2.34. The van der Waals surface area contributed by atoms with Crippen molar-refractivity contribution in [1.82, 2.24) is 0 Å². The van der Waals surface area contributed by atoms with Gasteiger partial charge in [-0.2, -0.15) is 0 Å². The highest BCUT2D eigenvalue weighted by Gasteiger charge is 2.44. The average Bonchev–Trinajstić information content (AvgIpc) is 2.96. The Kier molecular flexibility index (Phi) is 4.62. The number of fused-ring (bicyclic) bond motifs is 4. The molecule has 0 atom stereocenters. The second-order valence-corrected chi connectivity index (χ2v) is 9.30. The lowest BCUT2D eigenvalue weighted by atomic mass is 9.67. The van der Waals surface area contributed by atoms with Crippen molar-refractivity contribution in [2.24, 2.45) is 0 Å². The Labute approximate surface area is 176 Å². The van der Waals surface area contributed by atoms with E-state index in [0.717, 1.165) is 0 Å². The van der Waals surface area contributed by atoms with Crippen LogP contribution in [0.3, 0.4) is 0 Å². The molecule has 0 radical (unpaired) electrons. The third-order valence-corrected chi connectivity index (χ3v) is 7.33. The highest BCUT2D eigenvalue weighted by Crippen LogP contribution is 2.56. The van der Waals surface area contributed by atoms with Crippen LogP contribution >= 0.6 is 0 Å². The molecule has 29 heavy (non-hydrogen) atoms. The van der Waals surface area contributed by atoms with Gasteiger partial charge in [0.25, 0.3) is 0 Å². The number of hydrogen-bond donors (Lipinski definition) is 0. The molecule has 2 aliphatic rings. The summed E-state index contributed by atoms with van der Waals surface area (Å²) in [6.45, 7) is 6.79. The van der Waals surface area contributed by atoms with Gasteiger partial charge in [0.1, 0.15) is 0 Å². The van der Waals surface area contributed by atoms with Gasteiger partial charge in [0.05, 0.1) is 0 Å². The summed E-state index contributed by atoms with van der Waals surface area (Å²) >= 11 is 0. The lowest BCUT2D eigenvalue weighted by Gasteiger charge is -2.35. The van der Waals surface area contributed by atoms with Gasteiger partial charge in [-0.3, -0.25) is 0 Å². The second kappa shape index (κ2) is 7.17. The maximum absolute atomic E-state index is 2.54. The van der Waals surface area contributed by atoms with Crippen LogP contribution in [0.4, 0.5) is 0 Å². The molecule has 5 rings (SSSR count). The van der Waals surface area contributed by atoms with E-state index in [-0.39, 0.29) is 5.41 Å². The lowest BCUT2D eigenvalue weighted by molar-refractivity contribution is 0.514. The maximum Gasteiger partial charge on any atom is 0.0463 e. The van der Waals surface area contributed by atoms with E-state index < -0.39 is 0 Å². The van der Waals surface area contributed by atoms with Gasteiger partial charge in [0, 0.05) is 5.41 Å². The van der Waals surface area contributed by atoms with Crippen LogP contribution in [0.5, 0.6) is 0 Å². The van der Waals surface area contributed by atoms with E-state index in [2.05, 4.69) is 75.4 Å². The monoisotopic (exact) mass is 380 g/mol. The first-order valence-electron chi connectivity index (χ1n) is 11.5. The minimum atomic E-state index is 0.00106. The van der Waals surface area contributed by atoms with E-state index in [1.807, 2.05) is 0 Å². The van der Waals surface area contributed by atoms with Crippen LogP contribution in [0.25, 0.3) is 11.1 Å². The van der Waals surface area contributed by atoms with Gasteiger partial charge in [-0.1, -0.05) is 98.3 Å². The van der Waals surface area contributed by atoms with Crippen molar-refractivity contribution in [3.8, 4) is 11.1 Å². The van der Waals surface area contributed by atoms with Crippen LogP contribution in [0.15, 0.2) is 54.6 Å². The predicted octanol–water partition coefficient (Wildman–Crippen LogP) is 7.69. The Balaban J connectivity index is 1.75. The van der Waals surface area contributed by atoms with Crippen molar-refractivity contribution in [3.05, 3.63) is 93.5 Å². The van der Waals surface area contributed by atoms with E-state index in [9.17, 15) is 0 Å². The molecule has 0 aliphatic heterocycles. The standard InChI is InChI=1S/C29H32/c1-4-5-6-7-16-29(24-13-12-22-10-11-23(22)19-24)27-17-20(2)8-14-25(27)26-15-9-21(3)18-28(26)29/h8-9,12-15,17-19H,4-7,10-11,16H2,1-3H3. The van der Waals surface area contributed by atoms with Gasteiger partial charge >= 0.3 is 0 Å². The topological polar surface area (TPSA) is 0 Å². The molecule has 0 heteroatoms. The van der Waals surface area contributed by atoms with Crippen molar-refractivity contribution in [1.29, 1.82) is 0 Å².